The molecule has 0 aromatic heterocycles. The first-order valence-corrected chi connectivity index (χ1v) is 8.80. The third-order valence-corrected chi connectivity index (χ3v) is 6.19. The van der Waals surface area contributed by atoms with E-state index < -0.39 is 15.8 Å². The zero-order valence-electron chi connectivity index (χ0n) is 12.6. The summed E-state index contributed by atoms with van der Waals surface area (Å²) in [5.74, 6) is 0.176. The SMILES string of the molecule is CNCCC1CCN(S(=O)(=O)c2ccc(F)cc2C)CC1. The number of nitrogens with zero attached hydrogens (tertiary/aromatic N) is 1. The molecule has 1 aliphatic rings. The van der Waals surface area contributed by atoms with Gasteiger partial charge in [-0.3, -0.25) is 0 Å². The van der Waals surface area contributed by atoms with Gasteiger partial charge in [0, 0.05) is 13.1 Å². The van der Waals surface area contributed by atoms with Crippen molar-refractivity contribution in [1.82, 2.24) is 9.62 Å². The van der Waals surface area contributed by atoms with Gasteiger partial charge in [-0.2, -0.15) is 4.31 Å². The van der Waals surface area contributed by atoms with Crippen LogP contribution in [0.5, 0.6) is 0 Å². The first-order valence-electron chi connectivity index (χ1n) is 7.36. The number of hydrogen-bond acceptors (Lipinski definition) is 3. The quantitative estimate of drug-likeness (QED) is 0.906. The molecule has 1 fully saturated rings. The molecule has 0 saturated carbocycles. The molecule has 0 unspecified atom stereocenters. The van der Waals surface area contributed by atoms with Gasteiger partial charge in [-0.05, 0) is 69.5 Å². The highest BCUT2D eigenvalue weighted by atomic mass is 32.2. The molecule has 0 bridgehead atoms. The van der Waals surface area contributed by atoms with Crippen LogP contribution in [-0.4, -0.2) is 39.4 Å². The Labute approximate surface area is 126 Å². The van der Waals surface area contributed by atoms with Crippen LogP contribution in [0, 0.1) is 18.7 Å². The Bertz CT molecular complexity index is 581. The zero-order chi connectivity index (χ0) is 15.5. The first-order chi connectivity index (χ1) is 9.95. The molecule has 0 atom stereocenters. The van der Waals surface area contributed by atoms with E-state index in [4.69, 9.17) is 0 Å². The molecule has 1 saturated heterocycles. The Kier molecular flexibility index (Phi) is 5.35. The van der Waals surface area contributed by atoms with Gasteiger partial charge in [0.25, 0.3) is 0 Å². The van der Waals surface area contributed by atoms with Crippen LogP contribution < -0.4 is 5.32 Å². The molecule has 21 heavy (non-hydrogen) atoms. The summed E-state index contributed by atoms with van der Waals surface area (Å²) in [6.07, 6.45) is 2.86. The number of piperidine rings is 1. The second-order valence-corrected chi connectivity index (χ2v) is 7.56. The van der Waals surface area contributed by atoms with E-state index in [0.717, 1.165) is 25.8 Å². The van der Waals surface area contributed by atoms with E-state index in [-0.39, 0.29) is 4.90 Å². The number of hydrogen-bond donors (Lipinski definition) is 1. The number of nitrogens with one attached hydrogen (secondary N) is 1. The van der Waals surface area contributed by atoms with Crippen LogP contribution in [0.3, 0.4) is 0 Å². The van der Waals surface area contributed by atoms with Gasteiger partial charge in [0.05, 0.1) is 4.90 Å². The highest BCUT2D eigenvalue weighted by molar-refractivity contribution is 7.89. The fourth-order valence-electron chi connectivity index (χ4n) is 2.83. The van der Waals surface area contributed by atoms with Crippen molar-refractivity contribution in [3.63, 3.8) is 0 Å². The molecule has 4 nitrogen and oxygen atoms in total. The number of rotatable bonds is 5. The molecule has 1 aromatic rings. The average molecular weight is 314 g/mol. The Morgan fingerprint density at radius 2 is 2.00 bits per heavy atom. The van der Waals surface area contributed by atoms with Gasteiger partial charge in [0.1, 0.15) is 5.82 Å². The van der Waals surface area contributed by atoms with Crippen LogP contribution in [0.2, 0.25) is 0 Å². The fourth-order valence-corrected chi connectivity index (χ4v) is 4.50. The lowest BCUT2D eigenvalue weighted by Gasteiger charge is -2.31. The smallest absolute Gasteiger partial charge is 0.243 e. The van der Waals surface area contributed by atoms with Crippen molar-refractivity contribution < 1.29 is 12.8 Å². The maximum Gasteiger partial charge on any atom is 0.243 e. The van der Waals surface area contributed by atoms with Gasteiger partial charge in [-0.25, -0.2) is 12.8 Å². The molecule has 0 amide bonds. The van der Waals surface area contributed by atoms with E-state index in [9.17, 15) is 12.8 Å². The van der Waals surface area contributed by atoms with Crippen LogP contribution in [0.15, 0.2) is 23.1 Å². The van der Waals surface area contributed by atoms with Crippen molar-refractivity contribution >= 4 is 10.0 Å². The highest BCUT2D eigenvalue weighted by Crippen LogP contribution is 2.27. The van der Waals surface area contributed by atoms with E-state index in [0.29, 0.717) is 24.6 Å². The first kappa shape index (κ1) is 16.4. The normalized spacial score (nSPS) is 18.0. The summed E-state index contributed by atoms with van der Waals surface area (Å²) in [6.45, 7) is 3.70. The van der Waals surface area contributed by atoms with Crippen LogP contribution in [0.1, 0.15) is 24.8 Å². The van der Waals surface area contributed by atoms with E-state index in [2.05, 4.69) is 5.32 Å². The summed E-state index contributed by atoms with van der Waals surface area (Å²) in [7, 11) is -1.57. The largest absolute Gasteiger partial charge is 0.320 e. The molecule has 1 N–H and O–H groups in total. The van der Waals surface area contributed by atoms with E-state index in [1.54, 1.807) is 6.92 Å². The Morgan fingerprint density at radius 1 is 1.33 bits per heavy atom. The van der Waals surface area contributed by atoms with Gasteiger partial charge in [0.2, 0.25) is 10.0 Å². The second-order valence-electron chi connectivity index (χ2n) is 5.65. The summed E-state index contributed by atoms with van der Waals surface area (Å²) >= 11 is 0. The van der Waals surface area contributed by atoms with Crippen molar-refractivity contribution in [2.45, 2.75) is 31.1 Å². The minimum Gasteiger partial charge on any atom is -0.320 e. The lowest BCUT2D eigenvalue weighted by atomic mass is 9.95. The maximum atomic E-state index is 13.1. The predicted molar refractivity (Wildman–Crippen MR) is 81.2 cm³/mol. The van der Waals surface area contributed by atoms with E-state index >= 15 is 0 Å². The third-order valence-electron chi connectivity index (χ3n) is 4.13. The molecule has 0 spiro atoms. The van der Waals surface area contributed by atoms with Gasteiger partial charge in [-0.15, -0.1) is 0 Å². The number of benzene rings is 1. The lowest BCUT2D eigenvalue weighted by molar-refractivity contribution is 0.263. The van der Waals surface area contributed by atoms with Gasteiger partial charge in [-0.1, -0.05) is 0 Å². The van der Waals surface area contributed by atoms with Crippen molar-refractivity contribution in [2.75, 3.05) is 26.7 Å². The molecule has 0 aliphatic carbocycles. The molecule has 1 heterocycles. The minimum atomic E-state index is -3.50. The Balaban J connectivity index is 2.08. The number of aryl methyl sites for hydroxylation is 1. The molecule has 0 radical (unpaired) electrons. The maximum absolute atomic E-state index is 13.1. The Hall–Kier alpha value is -0.980. The van der Waals surface area contributed by atoms with Crippen LogP contribution in [0.25, 0.3) is 0 Å². The standard InChI is InChI=1S/C15H23FN2O2S/c1-12-11-14(16)3-4-15(12)21(19,20)18-9-6-13(7-10-18)5-8-17-2/h3-4,11,13,17H,5-10H2,1-2H3. The average Bonchev–Trinajstić information content (AvgIpc) is 2.45. The van der Waals surface area contributed by atoms with Crippen LogP contribution in [-0.2, 0) is 10.0 Å². The molecular formula is C15H23FN2O2S. The molecule has 1 aromatic carbocycles. The minimum absolute atomic E-state index is 0.220. The third kappa shape index (κ3) is 3.81. The second kappa shape index (κ2) is 6.85. The molecular weight excluding hydrogens is 291 g/mol. The van der Waals surface area contributed by atoms with Crippen LogP contribution >= 0.6 is 0 Å². The fraction of sp³-hybridized carbons (Fsp3) is 0.600. The summed E-state index contributed by atoms with van der Waals surface area (Å²) < 4.78 is 39.9. The molecule has 6 heteroatoms. The predicted octanol–water partition coefficient (Wildman–Crippen LogP) is 2.14. The van der Waals surface area contributed by atoms with Crippen LogP contribution in [0.4, 0.5) is 4.39 Å². The highest BCUT2D eigenvalue weighted by Gasteiger charge is 2.30. The zero-order valence-corrected chi connectivity index (χ0v) is 13.4. The van der Waals surface area contributed by atoms with Crippen molar-refractivity contribution in [3.05, 3.63) is 29.6 Å². The van der Waals surface area contributed by atoms with E-state index in [1.165, 1.54) is 22.5 Å². The van der Waals surface area contributed by atoms with Crippen molar-refractivity contribution in [1.29, 1.82) is 0 Å². The summed E-state index contributed by atoms with van der Waals surface area (Å²) in [5.41, 5.74) is 0.465. The molecule has 118 valence electrons. The summed E-state index contributed by atoms with van der Waals surface area (Å²) in [6, 6.07) is 3.85. The van der Waals surface area contributed by atoms with E-state index in [1.807, 2.05) is 7.05 Å². The number of halogens is 1. The van der Waals surface area contributed by atoms with Crippen molar-refractivity contribution in [3.8, 4) is 0 Å². The molecule has 2 rings (SSSR count). The van der Waals surface area contributed by atoms with Crippen molar-refractivity contribution in [2.24, 2.45) is 5.92 Å². The van der Waals surface area contributed by atoms with Gasteiger partial charge in [0.15, 0.2) is 0 Å². The lowest BCUT2D eigenvalue weighted by Crippen LogP contribution is -2.39. The Morgan fingerprint density at radius 3 is 2.57 bits per heavy atom. The summed E-state index contributed by atoms with van der Waals surface area (Å²) in [4.78, 5) is 0.220. The monoisotopic (exact) mass is 314 g/mol. The number of sulfonamides is 1. The van der Waals surface area contributed by atoms with Gasteiger partial charge >= 0.3 is 0 Å². The van der Waals surface area contributed by atoms with Gasteiger partial charge < -0.3 is 5.32 Å². The molecule has 1 aliphatic heterocycles. The summed E-state index contributed by atoms with van der Waals surface area (Å²) in [5, 5.41) is 3.13. The topological polar surface area (TPSA) is 49.4 Å².